The lowest BCUT2D eigenvalue weighted by molar-refractivity contribution is 0.510. The van der Waals surface area contributed by atoms with Crippen molar-refractivity contribution in [2.45, 2.75) is 77.2 Å². The summed E-state index contributed by atoms with van der Waals surface area (Å²) in [6.07, 6.45) is 16.2. The van der Waals surface area contributed by atoms with E-state index in [0.717, 1.165) is 0 Å². The van der Waals surface area contributed by atoms with Crippen LogP contribution in [0.15, 0.2) is 11.6 Å². The van der Waals surface area contributed by atoms with Gasteiger partial charge in [0, 0.05) is 6.04 Å². The second-order valence-electron chi connectivity index (χ2n) is 5.07. The van der Waals surface area contributed by atoms with Crippen LogP contribution in [-0.2, 0) is 0 Å². The predicted octanol–water partition coefficient (Wildman–Crippen LogP) is 4.44. The first-order chi connectivity index (χ1) is 7.88. The third kappa shape index (κ3) is 5.16. The van der Waals surface area contributed by atoms with Crippen LogP contribution >= 0.6 is 0 Å². The summed E-state index contributed by atoms with van der Waals surface area (Å²) >= 11 is 0. The summed E-state index contributed by atoms with van der Waals surface area (Å²) in [4.78, 5) is 0. The molecular formula is C15H29N. The van der Waals surface area contributed by atoms with Crippen LogP contribution in [0.25, 0.3) is 0 Å². The van der Waals surface area contributed by atoms with Gasteiger partial charge in [0.1, 0.15) is 0 Å². The van der Waals surface area contributed by atoms with Gasteiger partial charge in [0.2, 0.25) is 0 Å². The van der Waals surface area contributed by atoms with E-state index < -0.39 is 0 Å². The summed E-state index contributed by atoms with van der Waals surface area (Å²) in [5.41, 5.74) is 1.69. The zero-order valence-electron chi connectivity index (χ0n) is 11.2. The van der Waals surface area contributed by atoms with Gasteiger partial charge in [-0.15, -0.1) is 0 Å². The zero-order valence-corrected chi connectivity index (χ0v) is 11.2. The van der Waals surface area contributed by atoms with Crippen molar-refractivity contribution in [2.24, 2.45) is 0 Å². The highest BCUT2D eigenvalue weighted by molar-refractivity contribution is 5.11. The molecule has 1 N–H and O–H groups in total. The summed E-state index contributed by atoms with van der Waals surface area (Å²) < 4.78 is 0. The maximum absolute atomic E-state index is 3.51. The monoisotopic (exact) mass is 223 g/mol. The standard InChI is InChI=1S/C15H29N/c1-3-4-8-13-15(16-2)14-11-9-6-5-7-10-12-14/h11,15-16H,3-10,12-13H2,1-2H3. The van der Waals surface area contributed by atoms with Gasteiger partial charge in [0.05, 0.1) is 0 Å². The van der Waals surface area contributed by atoms with Crippen LogP contribution in [0, 0.1) is 0 Å². The highest BCUT2D eigenvalue weighted by Gasteiger charge is 2.12. The van der Waals surface area contributed by atoms with E-state index in [4.69, 9.17) is 0 Å². The van der Waals surface area contributed by atoms with Crippen molar-refractivity contribution in [2.75, 3.05) is 7.05 Å². The SMILES string of the molecule is CCCCCC(NC)C1=CCCCCCC1. The average Bonchev–Trinajstić information content (AvgIpc) is 2.25. The topological polar surface area (TPSA) is 12.0 Å². The Balaban J connectivity index is 2.41. The molecule has 0 aliphatic heterocycles. The van der Waals surface area contributed by atoms with Crippen molar-refractivity contribution in [3.05, 3.63) is 11.6 Å². The maximum atomic E-state index is 3.51. The molecule has 1 aliphatic carbocycles. The molecular weight excluding hydrogens is 194 g/mol. The molecule has 0 spiro atoms. The number of hydrogen-bond donors (Lipinski definition) is 1. The second-order valence-corrected chi connectivity index (χ2v) is 5.07. The first-order valence-corrected chi connectivity index (χ1v) is 7.24. The number of rotatable bonds is 6. The molecule has 1 rings (SSSR count). The van der Waals surface area contributed by atoms with Gasteiger partial charge >= 0.3 is 0 Å². The molecule has 1 atom stereocenters. The Hall–Kier alpha value is -0.300. The fraction of sp³-hybridized carbons (Fsp3) is 0.867. The Morgan fingerprint density at radius 2 is 2.00 bits per heavy atom. The minimum Gasteiger partial charge on any atom is -0.313 e. The third-order valence-corrected chi connectivity index (χ3v) is 3.72. The molecule has 0 radical (unpaired) electrons. The minimum atomic E-state index is 0.657. The molecule has 94 valence electrons. The Kier molecular flexibility index (Phi) is 7.58. The first kappa shape index (κ1) is 13.8. The summed E-state index contributed by atoms with van der Waals surface area (Å²) in [6, 6.07) is 0.657. The molecule has 0 saturated heterocycles. The second kappa shape index (κ2) is 8.81. The predicted molar refractivity (Wildman–Crippen MR) is 72.8 cm³/mol. The number of hydrogen-bond acceptors (Lipinski definition) is 1. The van der Waals surface area contributed by atoms with Crippen LogP contribution in [0.4, 0.5) is 0 Å². The molecule has 0 aromatic rings. The average molecular weight is 223 g/mol. The van der Waals surface area contributed by atoms with Crippen LogP contribution in [0.3, 0.4) is 0 Å². The van der Waals surface area contributed by atoms with Crippen molar-refractivity contribution in [3.63, 3.8) is 0 Å². The van der Waals surface area contributed by atoms with Gasteiger partial charge in [-0.2, -0.15) is 0 Å². The summed E-state index contributed by atoms with van der Waals surface area (Å²) in [5.74, 6) is 0. The summed E-state index contributed by atoms with van der Waals surface area (Å²) in [5, 5.41) is 3.51. The van der Waals surface area contributed by atoms with Crippen molar-refractivity contribution >= 4 is 0 Å². The lowest BCUT2D eigenvalue weighted by Gasteiger charge is -2.21. The molecule has 0 aromatic carbocycles. The Morgan fingerprint density at radius 1 is 1.19 bits per heavy atom. The van der Waals surface area contributed by atoms with Gasteiger partial charge in [-0.05, 0) is 39.2 Å². The van der Waals surface area contributed by atoms with E-state index in [2.05, 4.69) is 25.4 Å². The quantitative estimate of drug-likeness (QED) is 0.518. The maximum Gasteiger partial charge on any atom is 0.0276 e. The molecule has 0 saturated carbocycles. The van der Waals surface area contributed by atoms with Crippen LogP contribution in [0.2, 0.25) is 0 Å². The molecule has 0 aromatic heterocycles. The summed E-state index contributed by atoms with van der Waals surface area (Å²) in [7, 11) is 2.12. The van der Waals surface area contributed by atoms with E-state index in [9.17, 15) is 0 Å². The molecule has 1 unspecified atom stereocenters. The van der Waals surface area contributed by atoms with Crippen LogP contribution < -0.4 is 5.32 Å². The van der Waals surface area contributed by atoms with Gasteiger partial charge in [0.15, 0.2) is 0 Å². The van der Waals surface area contributed by atoms with E-state index in [-0.39, 0.29) is 0 Å². The molecule has 16 heavy (non-hydrogen) atoms. The number of unbranched alkanes of at least 4 members (excludes halogenated alkanes) is 2. The van der Waals surface area contributed by atoms with Crippen LogP contribution in [0.5, 0.6) is 0 Å². The van der Waals surface area contributed by atoms with E-state index in [0.29, 0.717) is 6.04 Å². The number of allylic oxidation sites excluding steroid dienone is 1. The largest absolute Gasteiger partial charge is 0.313 e. The zero-order chi connectivity index (χ0) is 11.6. The first-order valence-electron chi connectivity index (χ1n) is 7.24. The molecule has 0 fully saturated rings. The van der Waals surface area contributed by atoms with Crippen molar-refractivity contribution in [1.82, 2.24) is 5.32 Å². The molecule has 0 heterocycles. The van der Waals surface area contributed by atoms with Crippen LogP contribution in [-0.4, -0.2) is 13.1 Å². The molecule has 1 aliphatic rings. The van der Waals surface area contributed by atoms with E-state index in [1.165, 1.54) is 64.2 Å². The number of nitrogens with one attached hydrogen (secondary N) is 1. The van der Waals surface area contributed by atoms with E-state index in [1.54, 1.807) is 5.57 Å². The Labute approximate surface area is 102 Å². The minimum absolute atomic E-state index is 0.657. The fourth-order valence-electron chi connectivity index (χ4n) is 2.65. The summed E-state index contributed by atoms with van der Waals surface area (Å²) in [6.45, 7) is 2.28. The molecule has 0 amide bonds. The van der Waals surface area contributed by atoms with Crippen LogP contribution in [0.1, 0.15) is 71.1 Å². The highest BCUT2D eigenvalue weighted by Crippen LogP contribution is 2.22. The lowest BCUT2D eigenvalue weighted by Crippen LogP contribution is -2.27. The van der Waals surface area contributed by atoms with Crippen molar-refractivity contribution < 1.29 is 0 Å². The highest BCUT2D eigenvalue weighted by atomic mass is 14.9. The van der Waals surface area contributed by atoms with Gasteiger partial charge in [-0.3, -0.25) is 0 Å². The normalized spacial score (nSPS) is 19.8. The van der Waals surface area contributed by atoms with Gasteiger partial charge in [0.25, 0.3) is 0 Å². The Bertz CT molecular complexity index is 196. The fourth-order valence-corrected chi connectivity index (χ4v) is 2.65. The third-order valence-electron chi connectivity index (χ3n) is 3.72. The smallest absolute Gasteiger partial charge is 0.0276 e. The van der Waals surface area contributed by atoms with Gasteiger partial charge in [-0.25, -0.2) is 0 Å². The van der Waals surface area contributed by atoms with E-state index in [1.807, 2.05) is 0 Å². The van der Waals surface area contributed by atoms with Gasteiger partial charge in [-0.1, -0.05) is 50.7 Å². The van der Waals surface area contributed by atoms with Gasteiger partial charge < -0.3 is 5.32 Å². The Morgan fingerprint density at radius 3 is 2.75 bits per heavy atom. The van der Waals surface area contributed by atoms with Crippen molar-refractivity contribution in [1.29, 1.82) is 0 Å². The number of likely N-dealkylation sites (N-methyl/N-ethyl adjacent to an activating group) is 1. The molecule has 0 bridgehead atoms. The van der Waals surface area contributed by atoms with E-state index >= 15 is 0 Å². The lowest BCUT2D eigenvalue weighted by atomic mass is 9.92. The van der Waals surface area contributed by atoms with Crippen molar-refractivity contribution in [3.8, 4) is 0 Å². The molecule has 1 heteroatoms. The molecule has 1 nitrogen and oxygen atoms in total.